The summed E-state index contributed by atoms with van der Waals surface area (Å²) in [5, 5.41) is 9.50. The van der Waals surface area contributed by atoms with Gasteiger partial charge >= 0.3 is 0 Å². The summed E-state index contributed by atoms with van der Waals surface area (Å²) >= 11 is 0. The zero-order valence-corrected chi connectivity index (χ0v) is 12.5. The van der Waals surface area contributed by atoms with Crippen LogP contribution in [-0.4, -0.2) is 40.4 Å². The van der Waals surface area contributed by atoms with Crippen molar-refractivity contribution in [2.75, 3.05) is 19.6 Å². The molecule has 0 aliphatic carbocycles. The molecule has 1 aromatic carbocycles. The summed E-state index contributed by atoms with van der Waals surface area (Å²) in [5.74, 6) is 0. The Labute approximate surface area is 120 Å². The minimum Gasteiger partial charge on any atom is -0.315 e. The van der Waals surface area contributed by atoms with Gasteiger partial charge in [0.15, 0.2) is 0 Å². The van der Waals surface area contributed by atoms with Crippen molar-refractivity contribution >= 4 is 10.9 Å². The van der Waals surface area contributed by atoms with E-state index in [9.17, 15) is 0 Å². The van der Waals surface area contributed by atoms with Gasteiger partial charge in [0, 0.05) is 31.6 Å². The topological polar surface area (TPSA) is 33.1 Å². The molecule has 1 aromatic heterocycles. The van der Waals surface area contributed by atoms with Crippen molar-refractivity contribution in [3.05, 3.63) is 30.0 Å². The van der Waals surface area contributed by atoms with Crippen molar-refractivity contribution in [1.82, 2.24) is 20.0 Å². The Morgan fingerprint density at radius 3 is 3.00 bits per heavy atom. The Morgan fingerprint density at radius 2 is 2.25 bits per heavy atom. The summed E-state index contributed by atoms with van der Waals surface area (Å²) in [6, 6.07) is 9.19. The molecule has 1 aliphatic heterocycles. The molecule has 1 N–H and O–H groups in total. The molecule has 108 valence electrons. The molecule has 0 saturated carbocycles. The van der Waals surface area contributed by atoms with Crippen molar-refractivity contribution in [2.24, 2.45) is 7.05 Å². The number of hydrogen-bond donors (Lipinski definition) is 1. The van der Waals surface area contributed by atoms with Crippen LogP contribution in [0.3, 0.4) is 0 Å². The fourth-order valence-electron chi connectivity index (χ4n) is 3.23. The van der Waals surface area contributed by atoms with Crippen molar-refractivity contribution in [1.29, 1.82) is 0 Å². The maximum absolute atomic E-state index is 4.74. The number of para-hydroxylation sites is 1. The van der Waals surface area contributed by atoms with Crippen molar-refractivity contribution in [3.63, 3.8) is 0 Å². The lowest BCUT2D eigenvalue weighted by atomic mass is 10.1. The molecule has 1 saturated heterocycles. The Hall–Kier alpha value is -1.39. The van der Waals surface area contributed by atoms with E-state index in [0.29, 0.717) is 6.04 Å². The Morgan fingerprint density at radius 1 is 1.40 bits per heavy atom. The van der Waals surface area contributed by atoms with Gasteiger partial charge in [0.1, 0.15) is 0 Å². The maximum Gasteiger partial charge on any atom is 0.0843 e. The lowest BCUT2D eigenvalue weighted by Gasteiger charge is -2.27. The zero-order chi connectivity index (χ0) is 13.9. The van der Waals surface area contributed by atoms with Gasteiger partial charge in [-0.25, -0.2) is 0 Å². The van der Waals surface area contributed by atoms with Gasteiger partial charge in [-0.15, -0.1) is 0 Å². The van der Waals surface area contributed by atoms with Crippen LogP contribution in [0, 0.1) is 0 Å². The highest BCUT2D eigenvalue weighted by molar-refractivity contribution is 5.81. The third-order valence-corrected chi connectivity index (χ3v) is 4.25. The number of nitrogens with one attached hydrogen (secondary N) is 1. The second-order valence-electron chi connectivity index (χ2n) is 5.70. The summed E-state index contributed by atoms with van der Waals surface area (Å²) in [4.78, 5) is 2.59. The maximum atomic E-state index is 4.74. The minimum atomic E-state index is 0.663. The second-order valence-corrected chi connectivity index (χ2v) is 5.70. The molecule has 4 nitrogen and oxygen atoms in total. The van der Waals surface area contributed by atoms with Crippen LogP contribution in [0.15, 0.2) is 24.3 Å². The number of benzene rings is 1. The van der Waals surface area contributed by atoms with Crippen molar-refractivity contribution in [3.8, 4) is 0 Å². The van der Waals surface area contributed by atoms with Crippen LogP contribution in [0.4, 0.5) is 0 Å². The number of aromatic nitrogens is 2. The third-order valence-electron chi connectivity index (χ3n) is 4.25. The van der Waals surface area contributed by atoms with Gasteiger partial charge in [0.2, 0.25) is 0 Å². The van der Waals surface area contributed by atoms with Gasteiger partial charge in [-0.3, -0.25) is 9.58 Å². The second kappa shape index (κ2) is 5.94. The predicted molar refractivity (Wildman–Crippen MR) is 82.7 cm³/mol. The summed E-state index contributed by atoms with van der Waals surface area (Å²) in [7, 11) is 2.03. The van der Waals surface area contributed by atoms with Gasteiger partial charge in [0.25, 0.3) is 0 Å². The van der Waals surface area contributed by atoms with Gasteiger partial charge in [0.05, 0.1) is 11.2 Å². The van der Waals surface area contributed by atoms with Gasteiger partial charge in [-0.05, 0) is 32.0 Å². The highest BCUT2D eigenvalue weighted by Crippen LogP contribution is 2.21. The summed E-state index contributed by atoms with van der Waals surface area (Å²) in [5.41, 5.74) is 2.44. The average molecular weight is 272 g/mol. The monoisotopic (exact) mass is 272 g/mol. The normalized spacial score (nSPS) is 19.2. The lowest BCUT2D eigenvalue weighted by Crippen LogP contribution is -2.37. The highest BCUT2D eigenvalue weighted by atomic mass is 15.3. The number of aryl methyl sites for hydroxylation is 1. The van der Waals surface area contributed by atoms with E-state index in [-0.39, 0.29) is 0 Å². The Bertz CT molecular complexity index is 569. The number of hydrogen-bond acceptors (Lipinski definition) is 3. The first-order valence-corrected chi connectivity index (χ1v) is 7.65. The van der Waals surface area contributed by atoms with Crippen LogP contribution in [-0.2, 0) is 13.6 Å². The Balaban J connectivity index is 1.86. The van der Waals surface area contributed by atoms with E-state index in [1.54, 1.807) is 0 Å². The molecular formula is C16H24N4. The molecule has 4 heteroatoms. The SMILES string of the molecule is CCCN(Cc1nn(C)c2ccccc12)C1CCNC1. The van der Waals surface area contributed by atoms with Crippen LogP contribution < -0.4 is 5.32 Å². The molecule has 1 aliphatic rings. The first-order valence-electron chi connectivity index (χ1n) is 7.65. The first kappa shape index (κ1) is 13.6. The standard InChI is InChI=1S/C16H24N4/c1-3-10-20(13-8-9-17-11-13)12-15-14-6-4-5-7-16(14)19(2)18-15/h4-7,13,17H,3,8-12H2,1-2H3. The number of nitrogens with zero attached hydrogens (tertiary/aromatic N) is 3. The van der Waals surface area contributed by atoms with Crippen LogP contribution in [0.5, 0.6) is 0 Å². The van der Waals surface area contributed by atoms with E-state index in [4.69, 9.17) is 5.10 Å². The van der Waals surface area contributed by atoms with Crippen LogP contribution >= 0.6 is 0 Å². The fraction of sp³-hybridized carbons (Fsp3) is 0.562. The summed E-state index contributed by atoms with van der Waals surface area (Å²) in [6.07, 6.45) is 2.45. The lowest BCUT2D eigenvalue weighted by molar-refractivity contribution is 0.197. The fourth-order valence-corrected chi connectivity index (χ4v) is 3.23. The zero-order valence-electron chi connectivity index (χ0n) is 12.5. The molecule has 0 radical (unpaired) electrons. The molecule has 0 spiro atoms. The molecule has 3 rings (SSSR count). The minimum absolute atomic E-state index is 0.663. The van der Waals surface area contributed by atoms with E-state index >= 15 is 0 Å². The van der Waals surface area contributed by atoms with E-state index < -0.39 is 0 Å². The highest BCUT2D eigenvalue weighted by Gasteiger charge is 2.23. The van der Waals surface area contributed by atoms with Crippen LogP contribution in [0.2, 0.25) is 0 Å². The summed E-state index contributed by atoms with van der Waals surface area (Å²) < 4.78 is 2.00. The molecule has 1 fully saturated rings. The first-order chi connectivity index (χ1) is 9.79. The van der Waals surface area contributed by atoms with Gasteiger partial charge in [-0.2, -0.15) is 5.10 Å². The van der Waals surface area contributed by atoms with Gasteiger partial charge in [-0.1, -0.05) is 25.1 Å². The van der Waals surface area contributed by atoms with Crippen molar-refractivity contribution < 1.29 is 0 Å². The molecule has 1 unspecified atom stereocenters. The molecule has 2 heterocycles. The summed E-state index contributed by atoms with van der Waals surface area (Å²) in [6.45, 7) is 6.63. The van der Waals surface area contributed by atoms with Crippen molar-refractivity contribution in [2.45, 2.75) is 32.4 Å². The molecule has 2 aromatic rings. The predicted octanol–water partition coefficient (Wildman–Crippen LogP) is 2.15. The molecular weight excluding hydrogens is 248 g/mol. The molecule has 1 atom stereocenters. The van der Waals surface area contributed by atoms with Gasteiger partial charge < -0.3 is 5.32 Å². The van der Waals surface area contributed by atoms with E-state index in [1.807, 2.05) is 11.7 Å². The molecule has 20 heavy (non-hydrogen) atoms. The number of fused-ring (bicyclic) bond motifs is 1. The Kier molecular flexibility index (Phi) is 4.03. The van der Waals surface area contributed by atoms with Crippen LogP contribution in [0.1, 0.15) is 25.5 Å². The van der Waals surface area contributed by atoms with Crippen LogP contribution in [0.25, 0.3) is 10.9 Å². The smallest absolute Gasteiger partial charge is 0.0843 e. The third kappa shape index (κ3) is 2.58. The molecule has 0 bridgehead atoms. The quantitative estimate of drug-likeness (QED) is 0.905. The van der Waals surface area contributed by atoms with E-state index in [1.165, 1.54) is 29.4 Å². The average Bonchev–Trinajstić information content (AvgIpc) is 3.08. The molecule has 0 amide bonds. The largest absolute Gasteiger partial charge is 0.315 e. The van der Waals surface area contributed by atoms with E-state index in [0.717, 1.165) is 26.2 Å². The van der Waals surface area contributed by atoms with E-state index in [2.05, 4.69) is 41.4 Å². The number of rotatable bonds is 5.